The molecule has 3 rings (SSSR count). The zero-order valence-corrected chi connectivity index (χ0v) is 13.9. The van der Waals surface area contributed by atoms with Crippen molar-refractivity contribution < 1.29 is 9.21 Å². The second-order valence-electron chi connectivity index (χ2n) is 5.57. The minimum absolute atomic E-state index is 0.0320. The van der Waals surface area contributed by atoms with Crippen LogP contribution in [0.1, 0.15) is 37.3 Å². The van der Waals surface area contributed by atoms with Gasteiger partial charge in [0.2, 0.25) is 5.91 Å². The molecule has 6 nitrogen and oxygen atoms in total. The fourth-order valence-electron chi connectivity index (χ4n) is 2.27. The average Bonchev–Trinajstić information content (AvgIpc) is 3.12. The summed E-state index contributed by atoms with van der Waals surface area (Å²) in [5.74, 6) is 2.30. The summed E-state index contributed by atoms with van der Waals surface area (Å²) < 4.78 is 7.51. The van der Waals surface area contributed by atoms with Crippen LogP contribution < -0.4 is 5.32 Å². The van der Waals surface area contributed by atoms with Gasteiger partial charge in [0, 0.05) is 12.5 Å². The van der Waals surface area contributed by atoms with E-state index in [4.69, 9.17) is 4.42 Å². The van der Waals surface area contributed by atoms with Gasteiger partial charge in [-0.3, -0.25) is 9.36 Å². The lowest BCUT2D eigenvalue weighted by molar-refractivity contribution is -0.120. The maximum absolute atomic E-state index is 12.0. The summed E-state index contributed by atoms with van der Waals surface area (Å²) in [4.78, 5) is 12.0. The molecular weight excluding hydrogens is 312 g/mol. The molecule has 1 fully saturated rings. The highest BCUT2D eigenvalue weighted by molar-refractivity contribution is 8.00. The molecule has 2 aromatic heterocycles. The minimum atomic E-state index is -0.249. The third-order valence-electron chi connectivity index (χ3n) is 3.65. The molecule has 23 heavy (non-hydrogen) atoms. The second-order valence-corrected chi connectivity index (χ2v) is 6.88. The van der Waals surface area contributed by atoms with Gasteiger partial charge >= 0.3 is 0 Å². The van der Waals surface area contributed by atoms with Gasteiger partial charge in [0.05, 0.1) is 18.1 Å². The van der Waals surface area contributed by atoms with Gasteiger partial charge < -0.3 is 9.73 Å². The van der Waals surface area contributed by atoms with E-state index in [0.717, 1.165) is 29.6 Å². The number of nitrogens with one attached hydrogen (secondary N) is 1. The highest BCUT2D eigenvalue weighted by Gasteiger charge is 2.31. The Hall–Kier alpha value is -2.02. The first kappa shape index (κ1) is 15.9. The average molecular weight is 332 g/mol. The normalized spacial score (nSPS) is 15.3. The molecule has 1 saturated carbocycles. The van der Waals surface area contributed by atoms with Gasteiger partial charge in [-0.1, -0.05) is 17.8 Å². The topological polar surface area (TPSA) is 73.0 Å². The molecule has 2 aromatic rings. The number of furan rings is 1. The Morgan fingerprint density at radius 2 is 2.43 bits per heavy atom. The number of hydrogen-bond donors (Lipinski definition) is 1. The Kier molecular flexibility index (Phi) is 4.85. The number of thioether (sulfide) groups is 1. The van der Waals surface area contributed by atoms with Crippen LogP contribution in [0.15, 0.2) is 40.6 Å². The first-order valence-electron chi connectivity index (χ1n) is 7.69. The van der Waals surface area contributed by atoms with E-state index in [-0.39, 0.29) is 11.2 Å². The van der Waals surface area contributed by atoms with Crippen LogP contribution in [0.25, 0.3) is 0 Å². The van der Waals surface area contributed by atoms with E-state index in [9.17, 15) is 4.79 Å². The number of carbonyl (C=O) groups excluding carboxylic acids is 1. The van der Waals surface area contributed by atoms with Crippen LogP contribution in [-0.4, -0.2) is 32.5 Å². The van der Waals surface area contributed by atoms with Crippen LogP contribution in [0, 0.1) is 0 Å². The van der Waals surface area contributed by atoms with Crippen LogP contribution in [0.2, 0.25) is 0 Å². The van der Waals surface area contributed by atoms with Crippen molar-refractivity contribution in [2.45, 2.75) is 42.6 Å². The summed E-state index contributed by atoms with van der Waals surface area (Å²) in [7, 11) is 0. The number of nitrogens with zero attached hydrogens (tertiary/aromatic N) is 3. The smallest absolute Gasteiger partial charge is 0.233 e. The zero-order valence-electron chi connectivity index (χ0n) is 13.1. The minimum Gasteiger partial charge on any atom is -0.467 e. The lowest BCUT2D eigenvalue weighted by Crippen LogP contribution is -2.31. The van der Waals surface area contributed by atoms with Crippen LogP contribution >= 0.6 is 11.8 Å². The van der Waals surface area contributed by atoms with Crippen molar-refractivity contribution in [1.82, 2.24) is 20.1 Å². The second kappa shape index (κ2) is 7.04. The summed E-state index contributed by atoms with van der Waals surface area (Å²) in [6.07, 6.45) is 5.63. The highest BCUT2D eigenvalue weighted by Crippen LogP contribution is 2.40. The molecule has 1 amide bonds. The maximum atomic E-state index is 12.0. The first-order valence-corrected chi connectivity index (χ1v) is 8.57. The third kappa shape index (κ3) is 3.85. The van der Waals surface area contributed by atoms with Gasteiger partial charge in [-0.15, -0.1) is 16.8 Å². The SMILES string of the molecule is C=CCNC(=O)C(C)Sc1nnc(C2CC2)n1Cc1ccco1. The van der Waals surface area contributed by atoms with E-state index in [1.54, 1.807) is 12.3 Å². The van der Waals surface area contributed by atoms with E-state index >= 15 is 0 Å². The summed E-state index contributed by atoms with van der Waals surface area (Å²) in [5, 5.41) is 11.9. The van der Waals surface area contributed by atoms with E-state index in [1.165, 1.54) is 11.8 Å². The summed E-state index contributed by atoms with van der Waals surface area (Å²) >= 11 is 1.42. The number of hydrogen-bond acceptors (Lipinski definition) is 5. The highest BCUT2D eigenvalue weighted by atomic mass is 32.2. The lowest BCUT2D eigenvalue weighted by Gasteiger charge is -2.12. The molecule has 7 heteroatoms. The maximum Gasteiger partial charge on any atom is 0.233 e. The van der Waals surface area contributed by atoms with Crippen molar-refractivity contribution in [3.05, 3.63) is 42.6 Å². The van der Waals surface area contributed by atoms with E-state index in [2.05, 4.69) is 26.7 Å². The molecule has 1 aliphatic rings. The summed E-state index contributed by atoms with van der Waals surface area (Å²) in [5.41, 5.74) is 0. The number of rotatable bonds is 8. The monoisotopic (exact) mass is 332 g/mol. The van der Waals surface area contributed by atoms with Gasteiger partial charge in [0.1, 0.15) is 11.6 Å². The van der Waals surface area contributed by atoms with Crippen molar-refractivity contribution in [2.24, 2.45) is 0 Å². The molecule has 0 aliphatic heterocycles. The fourth-order valence-corrected chi connectivity index (χ4v) is 3.15. The summed E-state index contributed by atoms with van der Waals surface area (Å²) in [6, 6.07) is 3.81. The van der Waals surface area contributed by atoms with Gasteiger partial charge in [0.15, 0.2) is 5.16 Å². The third-order valence-corrected chi connectivity index (χ3v) is 4.73. The van der Waals surface area contributed by atoms with Crippen LogP contribution in [0.4, 0.5) is 0 Å². The lowest BCUT2D eigenvalue weighted by atomic mass is 10.3. The predicted molar refractivity (Wildman–Crippen MR) is 88.3 cm³/mol. The van der Waals surface area contributed by atoms with E-state index in [0.29, 0.717) is 19.0 Å². The molecule has 1 aliphatic carbocycles. The Balaban J connectivity index is 1.75. The molecule has 0 saturated heterocycles. The Morgan fingerprint density at radius 3 is 3.09 bits per heavy atom. The molecule has 0 radical (unpaired) electrons. The Morgan fingerprint density at radius 1 is 1.61 bits per heavy atom. The van der Waals surface area contributed by atoms with Crippen molar-refractivity contribution in [2.75, 3.05) is 6.54 Å². The van der Waals surface area contributed by atoms with Gasteiger partial charge in [0.25, 0.3) is 0 Å². The predicted octanol–water partition coefficient (Wildman–Crippen LogP) is 2.58. The molecule has 1 N–H and O–H groups in total. The largest absolute Gasteiger partial charge is 0.467 e. The quantitative estimate of drug-likeness (QED) is 0.594. The van der Waals surface area contributed by atoms with Crippen LogP contribution in [0.5, 0.6) is 0 Å². The fraction of sp³-hybridized carbons (Fsp3) is 0.438. The first-order chi connectivity index (χ1) is 11.2. The molecule has 1 unspecified atom stereocenters. The molecular formula is C16H20N4O2S. The number of amides is 1. The van der Waals surface area contributed by atoms with Gasteiger partial charge in [-0.05, 0) is 31.9 Å². The van der Waals surface area contributed by atoms with Gasteiger partial charge in [-0.2, -0.15) is 0 Å². The van der Waals surface area contributed by atoms with Crippen molar-refractivity contribution in [1.29, 1.82) is 0 Å². The van der Waals surface area contributed by atoms with E-state index < -0.39 is 0 Å². The number of carbonyl (C=O) groups is 1. The Labute approximate surface area is 139 Å². The summed E-state index contributed by atoms with van der Waals surface area (Å²) in [6.45, 7) is 6.53. The molecule has 0 bridgehead atoms. The van der Waals surface area contributed by atoms with Crippen LogP contribution in [-0.2, 0) is 11.3 Å². The van der Waals surface area contributed by atoms with E-state index in [1.807, 2.05) is 19.1 Å². The van der Waals surface area contributed by atoms with Crippen LogP contribution in [0.3, 0.4) is 0 Å². The number of aromatic nitrogens is 3. The zero-order chi connectivity index (χ0) is 16.2. The molecule has 2 heterocycles. The van der Waals surface area contributed by atoms with Crippen molar-refractivity contribution in [3.63, 3.8) is 0 Å². The van der Waals surface area contributed by atoms with Crippen molar-refractivity contribution in [3.8, 4) is 0 Å². The molecule has 0 aromatic carbocycles. The Bertz CT molecular complexity index is 676. The van der Waals surface area contributed by atoms with Crippen molar-refractivity contribution >= 4 is 17.7 Å². The molecule has 122 valence electrons. The molecule has 0 spiro atoms. The van der Waals surface area contributed by atoms with Gasteiger partial charge in [-0.25, -0.2) is 0 Å². The molecule has 1 atom stereocenters. The standard InChI is InChI=1S/C16H20N4O2S/c1-3-8-17-15(21)11(2)23-16-19-18-14(12-6-7-12)20(16)10-13-5-4-9-22-13/h3-5,9,11-12H,1,6-8,10H2,2H3,(H,17,21).